The van der Waals surface area contributed by atoms with Crippen LogP contribution in [0.3, 0.4) is 0 Å². The van der Waals surface area contributed by atoms with Gasteiger partial charge >= 0.3 is 0 Å². The average molecular weight is 337 g/mol. The number of carbonyl (C=O) groups is 1. The van der Waals surface area contributed by atoms with Crippen LogP contribution in [0.2, 0.25) is 0 Å². The largest absolute Gasteiger partial charge is 0.375 e. The molecule has 1 aromatic carbocycles. The number of hydrogen-bond donors (Lipinski definition) is 1. The molecule has 3 aliphatic rings. The summed E-state index contributed by atoms with van der Waals surface area (Å²) >= 11 is 0. The number of amides is 1. The van der Waals surface area contributed by atoms with Gasteiger partial charge in [0.05, 0.1) is 23.8 Å². The van der Waals surface area contributed by atoms with Gasteiger partial charge in [-0.15, -0.1) is 0 Å². The molecule has 3 heterocycles. The lowest BCUT2D eigenvalue weighted by Crippen LogP contribution is -2.47. The van der Waals surface area contributed by atoms with Crippen LogP contribution >= 0.6 is 0 Å². The van der Waals surface area contributed by atoms with Gasteiger partial charge in [-0.25, -0.2) is 0 Å². The number of para-hydroxylation sites is 1. The monoisotopic (exact) mass is 337 g/mol. The van der Waals surface area contributed by atoms with Crippen LogP contribution in [0.15, 0.2) is 36.5 Å². The molecule has 1 saturated carbocycles. The van der Waals surface area contributed by atoms with Crippen molar-refractivity contribution in [3.63, 3.8) is 0 Å². The van der Waals surface area contributed by atoms with Crippen molar-refractivity contribution in [1.29, 1.82) is 0 Å². The summed E-state index contributed by atoms with van der Waals surface area (Å²) in [6.07, 6.45) is 5.74. The average Bonchev–Trinajstić information content (AvgIpc) is 3.41. The molecule has 1 amide bonds. The molecule has 5 rings (SSSR count). The fourth-order valence-corrected chi connectivity index (χ4v) is 4.31. The van der Waals surface area contributed by atoms with Gasteiger partial charge in [0.1, 0.15) is 0 Å². The first-order valence-electron chi connectivity index (χ1n) is 9.28. The molecule has 25 heavy (non-hydrogen) atoms. The summed E-state index contributed by atoms with van der Waals surface area (Å²) in [6.45, 7) is 2.78. The lowest BCUT2D eigenvalue weighted by atomic mass is 10.1. The van der Waals surface area contributed by atoms with Crippen molar-refractivity contribution >= 4 is 16.8 Å². The lowest BCUT2D eigenvalue weighted by molar-refractivity contribution is -0.0581. The highest BCUT2D eigenvalue weighted by molar-refractivity contribution is 6.06. The van der Waals surface area contributed by atoms with E-state index in [9.17, 15) is 4.79 Å². The van der Waals surface area contributed by atoms with E-state index in [2.05, 4.69) is 15.2 Å². The maximum absolute atomic E-state index is 12.8. The first kappa shape index (κ1) is 15.3. The van der Waals surface area contributed by atoms with E-state index in [1.807, 2.05) is 30.3 Å². The summed E-state index contributed by atoms with van der Waals surface area (Å²) in [5.41, 5.74) is 1.57. The molecule has 0 radical (unpaired) electrons. The summed E-state index contributed by atoms with van der Waals surface area (Å²) in [4.78, 5) is 19.7. The van der Waals surface area contributed by atoms with Crippen molar-refractivity contribution in [2.24, 2.45) is 5.92 Å². The molecule has 5 heteroatoms. The molecule has 0 spiro atoms. The van der Waals surface area contributed by atoms with E-state index < -0.39 is 0 Å². The fourth-order valence-electron chi connectivity index (χ4n) is 4.31. The molecule has 1 N–H and O–H groups in total. The number of hydrogen-bond acceptors (Lipinski definition) is 4. The van der Waals surface area contributed by atoms with Crippen LogP contribution < -0.4 is 5.32 Å². The van der Waals surface area contributed by atoms with Crippen LogP contribution in [0.1, 0.15) is 29.6 Å². The third-order valence-corrected chi connectivity index (χ3v) is 5.82. The zero-order chi connectivity index (χ0) is 16.8. The first-order chi connectivity index (χ1) is 12.3. The van der Waals surface area contributed by atoms with Gasteiger partial charge in [-0.3, -0.25) is 14.7 Å². The van der Waals surface area contributed by atoms with E-state index in [0.29, 0.717) is 17.7 Å². The van der Waals surface area contributed by atoms with Crippen LogP contribution in [0.4, 0.5) is 0 Å². The molecule has 0 unspecified atom stereocenters. The van der Waals surface area contributed by atoms with E-state index in [0.717, 1.165) is 42.9 Å². The van der Waals surface area contributed by atoms with Gasteiger partial charge in [-0.05, 0) is 37.3 Å². The fraction of sp³-hybridized carbons (Fsp3) is 0.500. The van der Waals surface area contributed by atoms with Crippen LogP contribution in [-0.2, 0) is 4.74 Å². The van der Waals surface area contributed by atoms with Gasteiger partial charge in [-0.1, -0.05) is 18.2 Å². The highest BCUT2D eigenvalue weighted by Gasteiger charge is 2.42. The Labute approximate surface area is 147 Å². The first-order valence-corrected chi connectivity index (χ1v) is 9.28. The van der Waals surface area contributed by atoms with Gasteiger partial charge in [0.25, 0.3) is 5.91 Å². The minimum atomic E-state index is 0.00288. The second-order valence-electron chi connectivity index (χ2n) is 7.60. The van der Waals surface area contributed by atoms with Crippen LogP contribution in [0.25, 0.3) is 10.9 Å². The van der Waals surface area contributed by atoms with Crippen LogP contribution in [0, 0.1) is 5.92 Å². The summed E-state index contributed by atoms with van der Waals surface area (Å²) in [7, 11) is 0. The molecular formula is C20H23N3O2. The predicted molar refractivity (Wildman–Crippen MR) is 95.4 cm³/mol. The van der Waals surface area contributed by atoms with Gasteiger partial charge in [-0.2, -0.15) is 0 Å². The number of benzene rings is 1. The second kappa shape index (κ2) is 6.07. The number of rotatable bonds is 3. The van der Waals surface area contributed by atoms with E-state index in [1.54, 1.807) is 6.20 Å². The quantitative estimate of drug-likeness (QED) is 0.933. The lowest BCUT2D eigenvalue weighted by Gasteiger charge is -2.35. The summed E-state index contributed by atoms with van der Waals surface area (Å²) < 4.78 is 6.05. The minimum Gasteiger partial charge on any atom is -0.375 e. The SMILES string of the molecule is O=C(N[C@@H]1C[C@H]2CO[C@H](C3CC3)CN2C1)c1ccnc2ccccc12. The number of nitrogens with one attached hydrogen (secondary N) is 1. The van der Waals surface area contributed by atoms with Crippen molar-refractivity contribution in [3.8, 4) is 0 Å². The number of ether oxygens (including phenoxy) is 1. The van der Waals surface area contributed by atoms with E-state index in [1.165, 1.54) is 12.8 Å². The Kier molecular flexibility index (Phi) is 3.71. The number of fused-ring (bicyclic) bond motifs is 2. The molecule has 130 valence electrons. The summed E-state index contributed by atoms with van der Waals surface area (Å²) in [5.74, 6) is 0.779. The molecule has 2 aromatic rings. The van der Waals surface area contributed by atoms with Crippen molar-refractivity contribution in [1.82, 2.24) is 15.2 Å². The summed E-state index contributed by atoms with van der Waals surface area (Å²) in [6, 6.07) is 10.3. The van der Waals surface area contributed by atoms with Gasteiger partial charge in [0.15, 0.2) is 0 Å². The Morgan fingerprint density at radius 3 is 2.96 bits per heavy atom. The maximum atomic E-state index is 12.8. The number of carbonyl (C=O) groups excluding carboxylic acids is 1. The topological polar surface area (TPSA) is 54.5 Å². The van der Waals surface area contributed by atoms with E-state index in [-0.39, 0.29) is 11.9 Å². The molecule has 2 saturated heterocycles. The number of pyridine rings is 1. The number of aromatic nitrogens is 1. The Morgan fingerprint density at radius 2 is 2.08 bits per heavy atom. The molecule has 3 atom stereocenters. The Bertz CT molecular complexity index is 799. The molecular weight excluding hydrogens is 314 g/mol. The molecule has 0 bridgehead atoms. The third-order valence-electron chi connectivity index (χ3n) is 5.82. The highest BCUT2D eigenvalue weighted by atomic mass is 16.5. The normalized spacial score (nSPS) is 29.5. The zero-order valence-corrected chi connectivity index (χ0v) is 14.2. The maximum Gasteiger partial charge on any atom is 0.252 e. The Morgan fingerprint density at radius 1 is 1.20 bits per heavy atom. The van der Waals surface area contributed by atoms with Crippen molar-refractivity contribution in [3.05, 3.63) is 42.1 Å². The molecule has 5 nitrogen and oxygen atoms in total. The standard InChI is InChI=1S/C20H23N3O2/c24-20(17-7-8-21-18-4-2-1-3-16(17)18)22-14-9-15-12-25-19(13-5-6-13)11-23(15)10-14/h1-4,7-8,13-15,19H,5-6,9-12H2,(H,22,24)/t14-,15+,19+/m1/s1. The highest BCUT2D eigenvalue weighted by Crippen LogP contribution is 2.37. The molecule has 1 aromatic heterocycles. The zero-order valence-electron chi connectivity index (χ0n) is 14.2. The van der Waals surface area contributed by atoms with Crippen molar-refractivity contribution in [2.45, 2.75) is 37.5 Å². The molecule has 1 aliphatic carbocycles. The second-order valence-corrected chi connectivity index (χ2v) is 7.60. The van der Waals surface area contributed by atoms with E-state index >= 15 is 0 Å². The molecule has 2 aliphatic heterocycles. The van der Waals surface area contributed by atoms with Gasteiger partial charge in [0.2, 0.25) is 0 Å². The van der Waals surface area contributed by atoms with Gasteiger partial charge < -0.3 is 10.1 Å². The van der Waals surface area contributed by atoms with Crippen LogP contribution in [0.5, 0.6) is 0 Å². The Hall–Kier alpha value is -1.98. The van der Waals surface area contributed by atoms with E-state index in [4.69, 9.17) is 4.74 Å². The van der Waals surface area contributed by atoms with Crippen molar-refractivity contribution < 1.29 is 9.53 Å². The number of morpholine rings is 1. The smallest absolute Gasteiger partial charge is 0.252 e. The molecule has 3 fully saturated rings. The third kappa shape index (κ3) is 2.92. The predicted octanol–water partition coefficient (Wildman–Crippen LogP) is 2.22. The van der Waals surface area contributed by atoms with Crippen molar-refractivity contribution in [2.75, 3.05) is 19.7 Å². The number of nitrogens with zero attached hydrogens (tertiary/aromatic N) is 2. The van der Waals surface area contributed by atoms with Gasteiger partial charge in [0, 0.05) is 36.8 Å². The Balaban J connectivity index is 1.28. The van der Waals surface area contributed by atoms with Crippen LogP contribution in [-0.4, -0.2) is 53.7 Å². The minimum absolute atomic E-state index is 0.00288. The summed E-state index contributed by atoms with van der Waals surface area (Å²) in [5, 5.41) is 4.15.